The molecule has 0 fully saturated rings. The molecule has 0 saturated heterocycles. The van der Waals surface area contributed by atoms with Gasteiger partial charge in [-0.3, -0.25) is 9.78 Å². The van der Waals surface area contributed by atoms with Crippen molar-refractivity contribution in [2.24, 2.45) is 0 Å². The van der Waals surface area contributed by atoms with Crippen molar-refractivity contribution in [3.8, 4) is 11.5 Å². The van der Waals surface area contributed by atoms with Crippen LogP contribution >= 0.6 is 0 Å². The van der Waals surface area contributed by atoms with E-state index in [1.807, 2.05) is 32.0 Å². The molecule has 0 radical (unpaired) electrons. The van der Waals surface area contributed by atoms with Crippen LogP contribution in [0.3, 0.4) is 0 Å². The summed E-state index contributed by atoms with van der Waals surface area (Å²) < 4.78 is 19.7. The van der Waals surface area contributed by atoms with Crippen LogP contribution in [0.25, 0.3) is 6.08 Å². The maximum absolute atomic E-state index is 14.2. The predicted molar refractivity (Wildman–Crippen MR) is 104 cm³/mol. The van der Waals surface area contributed by atoms with Gasteiger partial charge in [0.2, 0.25) is 5.91 Å². The second-order valence-corrected chi connectivity index (χ2v) is 6.12. The lowest BCUT2D eigenvalue weighted by molar-refractivity contribution is -0.111. The molecular formula is C22H19FN2O2. The number of pyridine rings is 1. The number of carbonyl (C=O) groups excluding carboxylic acids is 1. The van der Waals surface area contributed by atoms with E-state index in [4.69, 9.17) is 4.74 Å². The fourth-order valence-electron chi connectivity index (χ4n) is 2.45. The molecule has 0 atom stereocenters. The highest BCUT2D eigenvalue weighted by Gasteiger charge is 2.06. The zero-order valence-electron chi connectivity index (χ0n) is 15.1. The first kappa shape index (κ1) is 18.3. The Balaban J connectivity index is 1.67. The summed E-state index contributed by atoms with van der Waals surface area (Å²) >= 11 is 0. The summed E-state index contributed by atoms with van der Waals surface area (Å²) in [5.74, 6) is -0.247. The minimum Gasteiger partial charge on any atom is -0.453 e. The molecule has 1 heterocycles. The molecule has 0 saturated carbocycles. The molecule has 4 nitrogen and oxygen atoms in total. The molecule has 0 spiro atoms. The van der Waals surface area contributed by atoms with E-state index in [0.29, 0.717) is 11.3 Å². The average Bonchev–Trinajstić information content (AvgIpc) is 2.66. The largest absolute Gasteiger partial charge is 0.453 e. The normalized spacial score (nSPS) is 10.8. The lowest BCUT2D eigenvalue weighted by atomic mass is 10.1. The first-order chi connectivity index (χ1) is 13.0. The van der Waals surface area contributed by atoms with Gasteiger partial charge in [0.15, 0.2) is 11.6 Å². The Kier molecular flexibility index (Phi) is 5.61. The maximum atomic E-state index is 14.2. The average molecular weight is 362 g/mol. The van der Waals surface area contributed by atoms with Crippen molar-refractivity contribution in [3.05, 3.63) is 89.5 Å². The lowest BCUT2D eigenvalue weighted by Crippen LogP contribution is -2.09. The van der Waals surface area contributed by atoms with Gasteiger partial charge in [0, 0.05) is 18.0 Å². The van der Waals surface area contributed by atoms with Crippen LogP contribution < -0.4 is 10.1 Å². The molecule has 1 amide bonds. The van der Waals surface area contributed by atoms with Gasteiger partial charge in [-0.05, 0) is 66.9 Å². The Morgan fingerprint density at radius 1 is 1.15 bits per heavy atom. The zero-order valence-corrected chi connectivity index (χ0v) is 15.1. The number of hydrogen-bond acceptors (Lipinski definition) is 3. The molecule has 0 aliphatic carbocycles. The third kappa shape index (κ3) is 5.01. The molecule has 0 unspecified atom stereocenters. The standard InChI is InChI=1S/C22H19FN2O2/c1-15-5-6-16(2)20(12-15)25-22(26)10-8-17-7-9-21(19(23)13-17)27-18-4-3-11-24-14-18/h3-14H,1-2H3,(H,25,26)/b10-8+. The number of ether oxygens (including phenoxy) is 1. The minimum absolute atomic E-state index is 0.0972. The van der Waals surface area contributed by atoms with Crippen molar-refractivity contribution in [2.75, 3.05) is 5.32 Å². The highest BCUT2D eigenvalue weighted by molar-refractivity contribution is 6.02. The summed E-state index contributed by atoms with van der Waals surface area (Å²) in [5.41, 5.74) is 3.36. The Hall–Kier alpha value is -3.47. The van der Waals surface area contributed by atoms with Gasteiger partial charge in [0.05, 0.1) is 6.20 Å². The van der Waals surface area contributed by atoms with Crippen LogP contribution in [0.4, 0.5) is 10.1 Å². The number of rotatable bonds is 5. The van der Waals surface area contributed by atoms with Gasteiger partial charge in [-0.15, -0.1) is 0 Å². The molecule has 0 aliphatic rings. The molecular weight excluding hydrogens is 343 g/mol. The van der Waals surface area contributed by atoms with Crippen molar-refractivity contribution in [1.82, 2.24) is 4.98 Å². The van der Waals surface area contributed by atoms with E-state index in [-0.39, 0.29) is 11.7 Å². The first-order valence-corrected chi connectivity index (χ1v) is 8.45. The number of hydrogen-bond donors (Lipinski definition) is 1. The smallest absolute Gasteiger partial charge is 0.248 e. The molecule has 0 aliphatic heterocycles. The number of nitrogens with one attached hydrogen (secondary N) is 1. The zero-order chi connectivity index (χ0) is 19.2. The van der Waals surface area contributed by atoms with Crippen molar-refractivity contribution < 1.29 is 13.9 Å². The summed E-state index contributed by atoms with van der Waals surface area (Å²) in [6.45, 7) is 3.89. The van der Waals surface area contributed by atoms with Gasteiger partial charge in [-0.1, -0.05) is 18.2 Å². The van der Waals surface area contributed by atoms with Crippen molar-refractivity contribution in [3.63, 3.8) is 0 Å². The fourth-order valence-corrected chi connectivity index (χ4v) is 2.45. The van der Waals surface area contributed by atoms with E-state index in [0.717, 1.165) is 16.8 Å². The van der Waals surface area contributed by atoms with Gasteiger partial charge in [0.1, 0.15) is 5.75 Å². The second-order valence-electron chi connectivity index (χ2n) is 6.12. The van der Waals surface area contributed by atoms with Crippen molar-refractivity contribution >= 4 is 17.7 Å². The summed E-state index contributed by atoms with van der Waals surface area (Å²) in [7, 11) is 0. The topological polar surface area (TPSA) is 51.2 Å². The van der Waals surface area contributed by atoms with E-state index in [1.165, 1.54) is 24.4 Å². The predicted octanol–water partition coefficient (Wildman–Crippen LogP) is 5.28. The lowest BCUT2D eigenvalue weighted by Gasteiger charge is -2.08. The minimum atomic E-state index is -0.518. The summed E-state index contributed by atoms with van der Waals surface area (Å²) in [6, 6.07) is 13.8. The van der Waals surface area contributed by atoms with Gasteiger partial charge >= 0.3 is 0 Å². The van der Waals surface area contributed by atoms with E-state index < -0.39 is 5.82 Å². The fraction of sp³-hybridized carbons (Fsp3) is 0.0909. The summed E-state index contributed by atoms with van der Waals surface area (Å²) in [4.78, 5) is 16.0. The Morgan fingerprint density at radius 2 is 2.00 bits per heavy atom. The number of aryl methyl sites for hydroxylation is 2. The number of nitrogens with zero attached hydrogens (tertiary/aromatic N) is 1. The molecule has 136 valence electrons. The van der Waals surface area contributed by atoms with Crippen LogP contribution in [0.15, 0.2) is 67.0 Å². The van der Waals surface area contributed by atoms with Gasteiger partial charge < -0.3 is 10.1 Å². The monoisotopic (exact) mass is 362 g/mol. The number of carbonyl (C=O) groups is 1. The third-order valence-electron chi connectivity index (χ3n) is 3.90. The number of halogens is 1. The Morgan fingerprint density at radius 3 is 2.74 bits per heavy atom. The first-order valence-electron chi connectivity index (χ1n) is 8.45. The Bertz CT molecular complexity index is 985. The molecule has 1 N–H and O–H groups in total. The number of amides is 1. The Labute approximate surface area is 157 Å². The molecule has 3 aromatic rings. The van der Waals surface area contributed by atoms with Gasteiger partial charge in [-0.25, -0.2) is 4.39 Å². The second kappa shape index (κ2) is 8.27. The summed E-state index contributed by atoms with van der Waals surface area (Å²) in [6.07, 6.45) is 6.04. The molecule has 1 aromatic heterocycles. The highest BCUT2D eigenvalue weighted by Crippen LogP contribution is 2.25. The van der Waals surface area contributed by atoms with Crippen molar-refractivity contribution in [1.29, 1.82) is 0 Å². The van der Waals surface area contributed by atoms with Crippen LogP contribution in [0.2, 0.25) is 0 Å². The van der Waals surface area contributed by atoms with E-state index in [9.17, 15) is 9.18 Å². The molecule has 5 heteroatoms. The van der Waals surface area contributed by atoms with Crippen LogP contribution in [0, 0.1) is 19.7 Å². The summed E-state index contributed by atoms with van der Waals surface area (Å²) in [5, 5.41) is 2.83. The molecule has 0 bridgehead atoms. The SMILES string of the molecule is Cc1ccc(C)c(NC(=O)/C=C/c2ccc(Oc3cccnc3)c(F)c2)c1. The van der Waals surface area contributed by atoms with Crippen LogP contribution in [-0.2, 0) is 4.79 Å². The van der Waals surface area contributed by atoms with Gasteiger partial charge in [-0.2, -0.15) is 0 Å². The molecule has 2 aromatic carbocycles. The van der Waals surface area contributed by atoms with E-state index in [1.54, 1.807) is 30.5 Å². The highest BCUT2D eigenvalue weighted by atomic mass is 19.1. The van der Waals surface area contributed by atoms with Crippen LogP contribution in [-0.4, -0.2) is 10.9 Å². The van der Waals surface area contributed by atoms with E-state index in [2.05, 4.69) is 10.3 Å². The van der Waals surface area contributed by atoms with Crippen LogP contribution in [0.1, 0.15) is 16.7 Å². The number of anilines is 1. The van der Waals surface area contributed by atoms with E-state index >= 15 is 0 Å². The third-order valence-corrected chi connectivity index (χ3v) is 3.90. The van der Waals surface area contributed by atoms with Crippen molar-refractivity contribution in [2.45, 2.75) is 13.8 Å². The molecule has 27 heavy (non-hydrogen) atoms. The van der Waals surface area contributed by atoms with Gasteiger partial charge in [0.25, 0.3) is 0 Å². The quantitative estimate of drug-likeness (QED) is 0.628. The number of aromatic nitrogens is 1. The number of benzene rings is 2. The molecule has 3 rings (SSSR count). The maximum Gasteiger partial charge on any atom is 0.248 e. The van der Waals surface area contributed by atoms with Crippen LogP contribution in [0.5, 0.6) is 11.5 Å².